The second-order valence-electron chi connectivity index (χ2n) is 4.13. The second-order valence-corrected chi connectivity index (χ2v) is 4.13. The number of hydrogen-bond donors (Lipinski definition) is 2. The quantitative estimate of drug-likeness (QED) is 0.569. The Bertz CT molecular complexity index is 304. The van der Waals surface area contributed by atoms with Crippen molar-refractivity contribution >= 4 is 17.8 Å². The van der Waals surface area contributed by atoms with Crippen molar-refractivity contribution in [2.45, 2.75) is 25.3 Å². The molecule has 0 aromatic rings. The number of carboxylic acids is 1. The molecule has 0 aromatic carbocycles. The summed E-state index contributed by atoms with van der Waals surface area (Å²) in [6.07, 6.45) is 0.201. The van der Waals surface area contributed by atoms with Crippen LogP contribution in [-0.2, 0) is 19.1 Å². The van der Waals surface area contributed by atoms with E-state index in [9.17, 15) is 14.4 Å². The van der Waals surface area contributed by atoms with Gasteiger partial charge in [0.1, 0.15) is 6.04 Å². The third-order valence-corrected chi connectivity index (χ3v) is 2.28. The van der Waals surface area contributed by atoms with Crippen LogP contribution in [0.25, 0.3) is 0 Å². The van der Waals surface area contributed by atoms with Gasteiger partial charge in [-0.05, 0) is 20.5 Å². The zero-order valence-corrected chi connectivity index (χ0v) is 10.9. The standard InChI is InChI=1S/C11H20N2O5/c1-13(2)7-6-9(14)12-8(11(16)17)4-5-10(15)18-3/h8H,4-7H2,1-3H3,(H,12,14)(H,16,17)/t8-/m1/s1. The molecule has 0 saturated carbocycles. The smallest absolute Gasteiger partial charge is 0.326 e. The fourth-order valence-corrected chi connectivity index (χ4v) is 1.21. The maximum Gasteiger partial charge on any atom is 0.326 e. The monoisotopic (exact) mass is 260 g/mol. The summed E-state index contributed by atoms with van der Waals surface area (Å²) in [5, 5.41) is 11.3. The van der Waals surface area contributed by atoms with Crippen LogP contribution in [0, 0.1) is 0 Å². The Hall–Kier alpha value is -1.63. The van der Waals surface area contributed by atoms with Crippen molar-refractivity contribution in [3.8, 4) is 0 Å². The maximum atomic E-state index is 11.5. The number of aliphatic carboxylic acids is 1. The normalized spacial score (nSPS) is 12.0. The highest BCUT2D eigenvalue weighted by atomic mass is 16.5. The molecule has 7 heteroatoms. The van der Waals surface area contributed by atoms with Gasteiger partial charge in [-0.25, -0.2) is 4.79 Å². The number of rotatable bonds is 8. The summed E-state index contributed by atoms with van der Waals surface area (Å²) in [7, 11) is 4.87. The van der Waals surface area contributed by atoms with Gasteiger partial charge in [0.2, 0.25) is 5.91 Å². The Morgan fingerprint density at radius 1 is 1.28 bits per heavy atom. The number of ether oxygens (including phenoxy) is 1. The van der Waals surface area contributed by atoms with Gasteiger partial charge in [-0.1, -0.05) is 0 Å². The van der Waals surface area contributed by atoms with E-state index in [1.54, 1.807) is 0 Å². The van der Waals surface area contributed by atoms with E-state index in [4.69, 9.17) is 5.11 Å². The number of esters is 1. The molecule has 0 aliphatic rings. The lowest BCUT2D eigenvalue weighted by molar-refractivity contribution is -0.144. The molecule has 0 aliphatic heterocycles. The molecule has 104 valence electrons. The van der Waals surface area contributed by atoms with E-state index in [2.05, 4.69) is 10.1 Å². The Balaban J connectivity index is 4.15. The third-order valence-electron chi connectivity index (χ3n) is 2.28. The number of carbonyl (C=O) groups excluding carboxylic acids is 2. The summed E-state index contributed by atoms with van der Waals surface area (Å²) < 4.78 is 4.41. The summed E-state index contributed by atoms with van der Waals surface area (Å²) >= 11 is 0. The molecule has 0 heterocycles. The Kier molecular flexibility index (Phi) is 7.69. The molecule has 7 nitrogen and oxygen atoms in total. The molecule has 0 aliphatic carbocycles. The second kappa shape index (κ2) is 8.46. The average Bonchev–Trinajstić information content (AvgIpc) is 2.30. The SMILES string of the molecule is COC(=O)CC[C@@H](NC(=O)CCN(C)C)C(=O)O. The first kappa shape index (κ1) is 16.4. The van der Waals surface area contributed by atoms with E-state index < -0.39 is 18.0 Å². The first-order chi connectivity index (χ1) is 8.36. The molecule has 0 aromatic heterocycles. The van der Waals surface area contributed by atoms with Gasteiger partial charge in [0.05, 0.1) is 7.11 Å². The molecule has 0 fully saturated rings. The molecule has 0 radical (unpaired) electrons. The van der Waals surface area contributed by atoms with Crippen molar-refractivity contribution in [3.05, 3.63) is 0 Å². The van der Waals surface area contributed by atoms with Crippen LogP contribution in [0.15, 0.2) is 0 Å². The Morgan fingerprint density at radius 3 is 2.33 bits per heavy atom. The van der Waals surface area contributed by atoms with Gasteiger partial charge in [-0.3, -0.25) is 9.59 Å². The largest absolute Gasteiger partial charge is 0.480 e. The summed E-state index contributed by atoms with van der Waals surface area (Å²) in [4.78, 5) is 35.1. The predicted molar refractivity (Wildman–Crippen MR) is 64.0 cm³/mol. The highest BCUT2D eigenvalue weighted by Crippen LogP contribution is 2.00. The molecule has 1 amide bonds. The Morgan fingerprint density at radius 2 is 1.89 bits per heavy atom. The molecule has 0 bridgehead atoms. The van der Waals surface area contributed by atoms with Crippen molar-refractivity contribution in [3.63, 3.8) is 0 Å². The number of methoxy groups -OCH3 is 1. The van der Waals surface area contributed by atoms with Crippen LogP contribution in [0.3, 0.4) is 0 Å². The highest BCUT2D eigenvalue weighted by Gasteiger charge is 2.20. The summed E-state index contributed by atoms with van der Waals surface area (Å²) in [6.45, 7) is 0.537. The van der Waals surface area contributed by atoms with Gasteiger partial charge in [-0.2, -0.15) is 0 Å². The molecular formula is C11H20N2O5. The van der Waals surface area contributed by atoms with Crippen LogP contribution in [0.5, 0.6) is 0 Å². The summed E-state index contributed by atoms with van der Waals surface area (Å²) in [6, 6.07) is -1.06. The lowest BCUT2D eigenvalue weighted by atomic mass is 10.1. The minimum absolute atomic E-state index is 0.0235. The summed E-state index contributed by atoms with van der Waals surface area (Å²) in [5.74, 6) is -2.00. The van der Waals surface area contributed by atoms with Gasteiger partial charge < -0.3 is 20.1 Å². The fraction of sp³-hybridized carbons (Fsp3) is 0.727. The molecule has 0 rings (SSSR count). The predicted octanol–water partition coefficient (Wildman–Crippen LogP) is -0.539. The van der Waals surface area contributed by atoms with E-state index in [-0.39, 0.29) is 25.2 Å². The van der Waals surface area contributed by atoms with Crippen molar-refractivity contribution in [1.82, 2.24) is 10.2 Å². The fourth-order valence-electron chi connectivity index (χ4n) is 1.21. The van der Waals surface area contributed by atoms with Crippen LogP contribution in [-0.4, -0.2) is 61.6 Å². The number of carbonyl (C=O) groups is 3. The Labute approximate surface area is 106 Å². The van der Waals surface area contributed by atoms with Crippen LogP contribution in [0.1, 0.15) is 19.3 Å². The molecule has 0 spiro atoms. The van der Waals surface area contributed by atoms with Gasteiger partial charge in [-0.15, -0.1) is 0 Å². The number of nitrogens with one attached hydrogen (secondary N) is 1. The van der Waals surface area contributed by atoms with E-state index >= 15 is 0 Å². The van der Waals surface area contributed by atoms with Crippen molar-refractivity contribution < 1.29 is 24.2 Å². The lowest BCUT2D eigenvalue weighted by Crippen LogP contribution is -2.41. The molecule has 0 unspecified atom stereocenters. The molecule has 0 saturated heterocycles. The molecule has 1 atom stereocenters. The van der Waals surface area contributed by atoms with Crippen molar-refractivity contribution in [1.29, 1.82) is 0 Å². The van der Waals surface area contributed by atoms with Crippen LogP contribution < -0.4 is 5.32 Å². The lowest BCUT2D eigenvalue weighted by Gasteiger charge is -2.15. The minimum Gasteiger partial charge on any atom is -0.480 e. The van der Waals surface area contributed by atoms with Gasteiger partial charge in [0.15, 0.2) is 0 Å². The molecular weight excluding hydrogens is 240 g/mol. The van der Waals surface area contributed by atoms with E-state index in [0.29, 0.717) is 6.54 Å². The first-order valence-electron chi connectivity index (χ1n) is 5.60. The topological polar surface area (TPSA) is 95.9 Å². The van der Waals surface area contributed by atoms with E-state index in [1.807, 2.05) is 19.0 Å². The van der Waals surface area contributed by atoms with Crippen molar-refractivity contribution in [2.24, 2.45) is 0 Å². The maximum absolute atomic E-state index is 11.5. The van der Waals surface area contributed by atoms with E-state index in [0.717, 1.165) is 0 Å². The van der Waals surface area contributed by atoms with E-state index in [1.165, 1.54) is 7.11 Å². The average molecular weight is 260 g/mol. The van der Waals surface area contributed by atoms with Gasteiger partial charge in [0.25, 0.3) is 0 Å². The highest BCUT2D eigenvalue weighted by molar-refractivity contribution is 5.84. The van der Waals surface area contributed by atoms with Crippen LogP contribution in [0.4, 0.5) is 0 Å². The minimum atomic E-state index is -1.16. The zero-order chi connectivity index (χ0) is 14.1. The first-order valence-corrected chi connectivity index (χ1v) is 5.60. The summed E-state index contributed by atoms with van der Waals surface area (Å²) in [5.41, 5.74) is 0. The van der Waals surface area contributed by atoms with Crippen LogP contribution >= 0.6 is 0 Å². The van der Waals surface area contributed by atoms with Gasteiger partial charge >= 0.3 is 11.9 Å². The van der Waals surface area contributed by atoms with Crippen LogP contribution in [0.2, 0.25) is 0 Å². The number of hydrogen-bond acceptors (Lipinski definition) is 5. The number of amides is 1. The van der Waals surface area contributed by atoms with Gasteiger partial charge in [0, 0.05) is 19.4 Å². The number of carboxylic acid groups (broad SMARTS) is 1. The molecule has 2 N–H and O–H groups in total. The molecule has 18 heavy (non-hydrogen) atoms. The zero-order valence-electron chi connectivity index (χ0n) is 10.9. The third kappa shape index (κ3) is 7.61. The van der Waals surface area contributed by atoms with Crippen molar-refractivity contribution in [2.75, 3.05) is 27.7 Å². The number of nitrogens with zero attached hydrogens (tertiary/aromatic N) is 1.